The third kappa shape index (κ3) is 5.06. The van der Waals surface area contributed by atoms with E-state index in [9.17, 15) is 4.79 Å². The summed E-state index contributed by atoms with van der Waals surface area (Å²) in [5, 5.41) is 0. The van der Waals surface area contributed by atoms with Crippen LogP contribution in [0.1, 0.15) is 28.2 Å². The fourth-order valence-electron chi connectivity index (χ4n) is 3.72. The lowest BCUT2D eigenvalue weighted by molar-refractivity contribution is 0.0955. The summed E-state index contributed by atoms with van der Waals surface area (Å²) in [6.07, 6.45) is 4.57. The molecule has 1 saturated carbocycles. The van der Waals surface area contributed by atoms with Gasteiger partial charge in [-0.2, -0.15) is 0 Å². The summed E-state index contributed by atoms with van der Waals surface area (Å²) in [5.74, 6) is 1.38. The quantitative estimate of drug-likeness (QED) is 0.519. The van der Waals surface area contributed by atoms with Crippen LogP contribution in [-0.4, -0.2) is 34.3 Å². The molecular formula is C24H25N3O2. The molecule has 1 fully saturated rings. The number of hydrogen-bond donors (Lipinski definition) is 0. The summed E-state index contributed by atoms with van der Waals surface area (Å²) in [6, 6.07) is 19.4. The van der Waals surface area contributed by atoms with Gasteiger partial charge in [-0.25, -0.2) is 0 Å². The lowest BCUT2D eigenvalue weighted by Crippen LogP contribution is -2.27. The van der Waals surface area contributed by atoms with Gasteiger partial charge < -0.3 is 4.74 Å². The van der Waals surface area contributed by atoms with Gasteiger partial charge >= 0.3 is 0 Å². The average Bonchev–Trinajstić information content (AvgIpc) is 3.53. The van der Waals surface area contributed by atoms with Crippen molar-refractivity contribution >= 4 is 5.78 Å². The smallest absolute Gasteiger partial charge is 0.166 e. The van der Waals surface area contributed by atoms with Crippen molar-refractivity contribution in [2.45, 2.75) is 19.5 Å². The molecule has 0 saturated heterocycles. The maximum atomic E-state index is 12.9. The van der Waals surface area contributed by atoms with Crippen LogP contribution < -0.4 is 4.74 Å². The zero-order chi connectivity index (χ0) is 20.1. The van der Waals surface area contributed by atoms with Crippen LogP contribution in [-0.2, 0) is 13.1 Å². The summed E-state index contributed by atoms with van der Waals surface area (Å²) in [4.78, 5) is 24.2. The second kappa shape index (κ2) is 8.97. The predicted octanol–water partition coefficient (Wildman–Crippen LogP) is 4.01. The molecule has 0 radical (unpaired) electrons. The summed E-state index contributed by atoms with van der Waals surface area (Å²) < 4.78 is 5.25. The maximum Gasteiger partial charge on any atom is 0.166 e. The molecule has 0 spiro atoms. The van der Waals surface area contributed by atoms with E-state index in [2.05, 4.69) is 14.9 Å². The number of hydrogen-bond acceptors (Lipinski definition) is 5. The van der Waals surface area contributed by atoms with E-state index in [0.717, 1.165) is 48.8 Å². The Bertz CT molecular complexity index is 905. The molecule has 5 nitrogen and oxygen atoms in total. The second-order valence-corrected chi connectivity index (χ2v) is 7.51. The van der Waals surface area contributed by atoms with Gasteiger partial charge in [0.15, 0.2) is 5.78 Å². The molecule has 148 valence electrons. The first-order valence-corrected chi connectivity index (χ1v) is 9.93. The molecule has 1 aliphatic carbocycles. The van der Waals surface area contributed by atoms with Crippen molar-refractivity contribution in [2.75, 3.05) is 13.7 Å². The van der Waals surface area contributed by atoms with Gasteiger partial charge in [0.25, 0.3) is 0 Å². The van der Waals surface area contributed by atoms with Crippen molar-refractivity contribution in [2.24, 2.45) is 11.8 Å². The van der Waals surface area contributed by atoms with E-state index in [-0.39, 0.29) is 11.7 Å². The molecule has 2 heterocycles. The Morgan fingerprint density at radius 1 is 1.00 bits per heavy atom. The van der Waals surface area contributed by atoms with Gasteiger partial charge in [-0.3, -0.25) is 19.7 Å². The third-order valence-corrected chi connectivity index (χ3v) is 5.33. The van der Waals surface area contributed by atoms with E-state index in [1.807, 2.05) is 73.1 Å². The van der Waals surface area contributed by atoms with Crippen LogP contribution in [0.2, 0.25) is 0 Å². The first-order chi connectivity index (χ1) is 14.2. The van der Waals surface area contributed by atoms with Crippen molar-refractivity contribution in [3.63, 3.8) is 0 Å². The minimum absolute atomic E-state index is 0.0806. The molecule has 1 aromatic carbocycles. The van der Waals surface area contributed by atoms with Crippen molar-refractivity contribution < 1.29 is 9.53 Å². The molecule has 2 atom stereocenters. The fraction of sp³-hybridized carbons (Fsp3) is 0.292. The molecule has 0 unspecified atom stereocenters. The van der Waals surface area contributed by atoms with Crippen LogP contribution in [0.25, 0.3) is 0 Å². The number of Topliss-reactive ketones (excluding diaryl/α,β-unsaturated/α-hetero) is 1. The number of ether oxygens (including phenoxy) is 1. The molecular weight excluding hydrogens is 362 g/mol. The zero-order valence-corrected chi connectivity index (χ0v) is 16.6. The highest BCUT2D eigenvalue weighted by atomic mass is 16.5. The Labute approximate surface area is 171 Å². The minimum Gasteiger partial charge on any atom is -0.497 e. The SMILES string of the molecule is COc1cccc(C(=O)[C@H]2C[C@@H]2CN(Cc2ccccn2)Cc2ccccn2)c1. The predicted molar refractivity (Wildman–Crippen MR) is 112 cm³/mol. The minimum atomic E-state index is 0.0806. The van der Waals surface area contributed by atoms with Gasteiger partial charge in [-0.1, -0.05) is 24.3 Å². The topological polar surface area (TPSA) is 55.3 Å². The number of methoxy groups -OCH3 is 1. The Morgan fingerprint density at radius 3 is 2.28 bits per heavy atom. The molecule has 0 bridgehead atoms. The van der Waals surface area contributed by atoms with E-state index < -0.39 is 0 Å². The van der Waals surface area contributed by atoms with Gasteiger partial charge in [0.2, 0.25) is 0 Å². The Balaban J connectivity index is 1.43. The second-order valence-electron chi connectivity index (χ2n) is 7.51. The molecule has 3 aromatic rings. The summed E-state index contributed by atoms with van der Waals surface area (Å²) in [5.41, 5.74) is 2.79. The first-order valence-electron chi connectivity index (χ1n) is 9.93. The number of benzene rings is 1. The normalized spacial score (nSPS) is 17.9. The largest absolute Gasteiger partial charge is 0.497 e. The Kier molecular flexibility index (Phi) is 5.96. The number of carbonyl (C=O) groups is 1. The van der Waals surface area contributed by atoms with E-state index in [4.69, 9.17) is 4.74 Å². The number of carbonyl (C=O) groups excluding carboxylic acids is 1. The van der Waals surface area contributed by atoms with E-state index in [1.165, 1.54) is 0 Å². The number of nitrogens with zero attached hydrogens (tertiary/aromatic N) is 3. The van der Waals surface area contributed by atoms with Gasteiger partial charge in [-0.15, -0.1) is 0 Å². The van der Waals surface area contributed by atoms with Crippen LogP contribution in [0.15, 0.2) is 73.1 Å². The van der Waals surface area contributed by atoms with Crippen molar-refractivity contribution in [1.29, 1.82) is 0 Å². The highest BCUT2D eigenvalue weighted by Crippen LogP contribution is 2.42. The third-order valence-electron chi connectivity index (χ3n) is 5.33. The van der Waals surface area contributed by atoms with Crippen molar-refractivity contribution in [1.82, 2.24) is 14.9 Å². The van der Waals surface area contributed by atoms with Crippen LogP contribution in [0, 0.1) is 11.8 Å². The molecule has 1 aliphatic rings. The lowest BCUT2D eigenvalue weighted by atomic mass is 10.1. The summed E-state index contributed by atoms with van der Waals surface area (Å²) >= 11 is 0. The first kappa shape index (κ1) is 19.3. The van der Waals surface area contributed by atoms with E-state index >= 15 is 0 Å². The fourth-order valence-corrected chi connectivity index (χ4v) is 3.72. The number of aromatic nitrogens is 2. The van der Waals surface area contributed by atoms with Crippen LogP contribution >= 0.6 is 0 Å². The monoisotopic (exact) mass is 387 g/mol. The number of ketones is 1. The van der Waals surface area contributed by atoms with E-state index in [0.29, 0.717) is 5.92 Å². The molecule has 5 heteroatoms. The maximum absolute atomic E-state index is 12.9. The van der Waals surface area contributed by atoms with Crippen molar-refractivity contribution in [3.05, 3.63) is 90.0 Å². The van der Waals surface area contributed by atoms with E-state index in [1.54, 1.807) is 7.11 Å². The lowest BCUT2D eigenvalue weighted by Gasteiger charge is -2.21. The molecule has 0 aliphatic heterocycles. The molecule has 0 N–H and O–H groups in total. The molecule has 4 rings (SSSR count). The molecule has 29 heavy (non-hydrogen) atoms. The van der Waals surface area contributed by atoms with Gasteiger partial charge in [0, 0.05) is 43.5 Å². The molecule has 0 amide bonds. The summed E-state index contributed by atoms with van der Waals surface area (Å²) in [6.45, 7) is 2.34. The standard InChI is InChI=1S/C24H25N3O2/c1-29-22-10-6-7-18(13-22)24(28)23-14-19(23)15-27(16-20-8-2-4-11-25-20)17-21-9-3-5-12-26-21/h2-13,19,23H,14-17H2,1H3/t19-,23+/m1/s1. The van der Waals surface area contributed by atoms with Gasteiger partial charge in [0.05, 0.1) is 18.5 Å². The van der Waals surface area contributed by atoms with Crippen LogP contribution in [0.5, 0.6) is 5.75 Å². The number of rotatable bonds is 9. The number of pyridine rings is 2. The Morgan fingerprint density at radius 2 is 1.69 bits per heavy atom. The highest BCUT2D eigenvalue weighted by Gasteiger charge is 2.43. The van der Waals surface area contributed by atoms with Gasteiger partial charge in [-0.05, 0) is 48.7 Å². The zero-order valence-electron chi connectivity index (χ0n) is 16.6. The van der Waals surface area contributed by atoms with Crippen LogP contribution in [0.3, 0.4) is 0 Å². The summed E-state index contributed by atoms with van der Waals surface area (Å²) in [7, 11) is 1.62. The van der Waals surface area contributed by atoms with Gasteiger partial charge in [0.1, 0.15) is 5.75 Å². The highest BCUT2D eigenvalue weighted by molar-refractivity contribution is 6.00. The Hall–Kier alpha value is -3.05. The average molecular weight is 387 g/mol. The van der Waals surface area contributed by atoms with Crippen LogP contribution in [0.4, 0.5) is 0 Å². The van der Waals surface area contributed by atoms with Crippen molar-refractivity contribution in [3.8, 4) is 5.75 Å². The molecule has 2 aromatic heterocycles.